The van der Waals surface area contributed by atoms with Crippen molar-refractivity contribution in [2.24, 2.45) is 0 Å². The molecule has 5 heterocycles. The van der Waals surface area contributed by atoms with Crippen LogP contribution in [0.15, 0.2) is 98.2 Å². The Morgan fingerprint density at radius 2 is 0.745 bits per heavy atom. The maximum atomic E-state index is 6.13. The van der Waals surface area contributed by atoms with Crippen molar-refractivity contribution in [2.75, 3.05) is 0 Å². The van der Waals surface area contributed by atoms with Crippen LogP contribution in [-0.2, 0) is 27.9 Å². The minimum Gasteiger partial charge on any atom is -0.456 e. The molecule has 8 nitrogen and oxygen atoms in total. The zero-order valence-corrected chi connectivity index (χ0v) is 35.0. The second-order valence-corrected chi connectivity index (χ2v) is 18.3. The average Bonchev–Trinajstić information content (AvgIpc) is 3.81. The SMILES string of the molecule is Brc1ccc2oc3ccccc3c2c1.C.CC1(C)OB(B2OC(C)(C)C(C)(C)O2)OC1(C)C.CC1(C)OB(c2ccc3oc4ccccc4c3c2)OC1(C)C. The highest BCUT2D eigenvalue weighted by Crippen LogP contribution is 2.43. The molecule has 3 fully saturated rings. The summed E-state index contributed by atoms with van der Waals surface area (Å²) in [6.07, 6.45) is 0. The zero-order chi connectivity index (χ0) is 39.1. The monoisotopic (exact) mass is 810 g/mol. The summed E-state index contributed by atoms with van der Waals surface area (Å²) in [6, 6.07) is 28.4. The van der Waals surface area contributed by atoms with Crippen molar-refractivity contribution in [2.45, 2.75) is 124 Å². The van der Waals surface area contributed by atoms with E-state index in [1.165, 1.54) is 5.39 Å². The third-order valence-electron chi connectivity index (χ3n) is 12.0. The van der Waals surface area contributed by atoms with Gasteiger partial charge in [0.15, 0.2) is 0 Å². The second-order valence-electron chi connectivity index (χ2n) is 17.4. The molecule has 0 saturated carbocycles. The Kier molecular flexibility index (Phi) is 10.9. The molecule has 3 aliphatic rings. The van der Waals surface area contributed by atoms with E-state index in [1.807, 2.05) is 116 Å². The van der Waals surface area contributed by atoms with E-state index in [0.717, 1.165) is 48.4 Å². The molecule has 0 aliphatic carbocycles. The Morgan fingerprint density at radius 3 is 1.18 bits per heavy atom. The second kappa shape index (κ2) is 14.4. The summed E-state index contributed by atoms with van der Waals surface area (Å²) in [6.45, 7) is 24.5. The largest absolute Gasteiger partial charge is 0.494 e. The topological polar surface area (TPSA) is 81.7 Å². The van der Waals surface area contributed by atoms with E-state index in [9.17, 15) is 0 Å². The van der Waals surface area contributed by atoms with E-state index in [4.69, 9.17) is 36.8 Å². The molecule has 6 aromatic rings. The van der Waals surface area contributed by atoms with Crippen molar-refractivity contribution in [3.05, 3.63) is 89.4 Å². The standard InChI is InChI=1S/C18H19BO3.C12H24B2O4.C12H7BrO.CH4/c1-17(2)18(3,4)22-19(21-17)12-9-10-16-14(11-12)13-7-5-6-8-15(13)20-16;1-9(2)10(3,4)16-13(15-9)14-17-11(5,6)12(7,8)18-14;13-8-5-6-12-10(7-8)9-3-1-2-4-11(9)14-12;/h5-11H,1-4H3;1-8H3;1-7H;1H4. The molecule has 2 aromatic heterocycles. The van der Waals surface area contributed by atoms with Crippen LogP contribution in [0.5, 0.6) is 0 Å². The highest BCUT2D eigenvalue weighted by molar-refractivity contribution is 9.10. The first kappa shape index (κ1) is 41.5. The Labute approximate surface area is 335 Å². The van der Waals surface area contributed by atoms with Crippen LogP contribution in [0.1, 0.15) is 90.5 Å². The van der Waals surface area contributed by atoms with Gasteiger partial charge in [-0.25, -0.2) is 0 Å². The highest BCUT2D eigenvalue weighted by atomic mass is 79.9. The first-order valence-corrected chi connectivity index (χ1v) is 19.4. The number of furan rings is 2. The lowest BCUT2D eigenvalue weighted by Crippen LogP contribution is -2.41. The molecule has 0 spiro atoms. The molecule has 0 bridgehead atoms. The maximum Gasteiger partial charge on any atom is 0.494 e. The van der Waals surface area contributed by atoms with E-state index in [0.29, 0.717) is 0 Å². The smallest absolute Gasteiger partial charge is 0.456 e. The summed E-state index contributed by atoms with van der Waals surface area (Å²) in [5, 5.41) is 4.55. The quantitative estimate of drug-likeness (QED) is 0.160. The zero-order valence-electron chi connectivity index (χ0n) is 33.5. The summed E-state index contributed by atoms with van der Waals surface area (Å²) < 4.78 is 48.8. The van der Waals surface area contributed by atoms with Crippen molar-refractivity contribution >= 4 is 86.4 Å². The van der Waals surface area contributed by atoms with Crippen LogP contribution in [-0.4, -0.2) is 54.7 Å². The van der Waals surface area contributed by atoms with Gasteiger partial charge in [0.25, 0.3) is 0 Å². The van der Waals surface area contributed by atoms with Gasteiger partial charge in [-0.3, -0.25) is 0 Å². The number of para-hydroxylation sites is 2. The fourth-order valence-corrected chi connectivity index (χ4v) is 6.93. The third kappa shape index (κ3) is 7.68. The van der Waals surface area contributed by atoms with Crippen LogP contribution in [0.25, 0.3) is 43.9 Å². The molecule has 290 valence electrons. The molecular weight excluding hydrogens is 757 g/mol. The maximum absolute atomic E-state index is 6.13. The van der Waals surface area contributed by atoms with Gasteiger partial charge in [0.1, 0.15) is 22.3 Å². The summed E-state index contributed by atoms with van der Waals surface area (Å²) in [5.74, 6) is 0. The van der Waals surface area contributed by atoms with Crippen LogP contribution < -0.4 is 5.46 Å². The molecular formula is C43H54B3BrO8. The summed E-state index contributed by atoms with van der Waals surface area (Å²) in [7, 11) is -1.30. The lowest BCUT2D eigenvalue weighted by molar-refractivity contribution is 0.00578. The number of rotatable bonds is 2. The lowest BCUT2D eigenvalue weighted by atomic mass is 9.49. The normalized spacial score (nSPS) is 21.4. The molecule has 55 heavy (non-hydrogen) atoms. The van der Waals surface area contributed by atoms with Crippen molar-refractivity contribution in [1.29, 1.82) is 0 Å². The van der Waals surface area contributed by atoms with Crippen LogP contribution in [0, 0.1) is 0 Å². The average molecular weight is 811 g/mol. The van der Waals surface area contributed by atoms with Crippen molar-refractivity contribution < 1.29 is 36.8 Å². The number of hydrogen-bond acceptors (Lipinski definition) is 8. The third-order valence-corrected chi connectivity index (χ3v) is 12.5. The minimum absolute atomic E-state index is 0. The Hall–Kier alpha value is -3.09. The molecule has 3 saturated heterocycles. The molecule has 12 heteroatoms. The summed E-state index contributed by atoms with van der Waals surface area (Å²) >= 11 is 3.46. The Bertz CT molecular complexity index is 2240. The van der Waals surface area contributed by atoms with Crippen LogP contribution in [0.4, 0.5) is 0 Å². The van der Waals surface area contributed by atoms with Gasteiger partial charge in [0.2, 0.25) is 0 Å². The number of benzene rings is 4. The van der Waals surface area contributed by atoms with Crippen molar-refractivity contribution in [3.63, 3.8) is 0 Å². The number of fused-ring (bicyclic) bond motifs is 6. The van der Waals surface area contributed by atoms with Crippen LogP contribution in [0.2, 0.25) is 0 Å². The van der Waals surface area contributed by atoms with Crippen molar-refractivity contribution in [3.8, 4) is 0 Å². The Balaban J connectivity index is 0.000000142. The first-order chi connectivity index (χ1) is 25.1. The molecule has 3 aliphatic heterocycles. The summed E-state index contributed by atoms with van der Waals surface area (Å²) in [5.41, 5.74) is 2.61. The minimum atomic E-state index is -0.476. The predicted molar refractivity (Wildman–Crippen MR) is 230 cm³/mol. The van der Waals surface area contributed by atoms with Gasteiger partial charge in [-0.15, -0.1) is 0 Å². The van der Waals surface area contributed by atoms with Gasteiger partial charge in [-0.05, 0) is 125 Å². The molecule has 0 atom stereocenters. The molecule has 0 N–H and O–H groups in total. The fourth-order valence-electron chi connectivity index (χ4n) is 6.57. The van der Waals surface area contributed by atoms with E-state index < -0.39 is 14.0 Å². The number of halogens is 1. The van der Waals surface area contributed by atoms with Gasteiger partial charge in [0.05, 0.1) is 33.6 Å². The van der Waals surface area contributed by atoms with Gasteiger partial charge in [-0.2, -0.15) is 0 Å². The molecule has 9 rings (SSSR count). The first-order valence-electron chi connectivity index (χ1n) is 18.6. The molecule has 4 aromatic carbocycles. The van der Waals surface area contributed by atoms with Gasteiger partial charge >= 0.3 is 21.1 Å². The lowest BCUT2D eigenvalue weighted by Gasteiger charge is -2.32. The van der Waals surface area contributed by atoms with Crippen LogP contribution >= 0.6 is 15.9 Å². The van der Waals surface area contributed by atoms with E-state index in [1.54, 1.807) is 0 Å². The van der Waals surface area contributed by atoms with Crippen molar-refractivity contribution in [1.82, 2.24) is 0 Å². The summed E-state index contributed by atoms with van der Waals surface area (Å²) in [4.78, 5) is 0. The molecule has 0 radical (unpaired) electrons. The molecule has 0 unspecified atom stereocenters. The van der Waals surface area contributed by atoms with E-state index in [2.05, 4.69) is 67.9 Å². The van der Waals surface area contributed by atoms with Gasteiger partial charge in [-0.1, -0.05) is 71.9 Å². The van der Waals surface area contributed by atoms with E-state index >= 15 is 0 Å². The fraction of sp³-hybridized carbons (Fsp3) is 0.442. The Morgan fingerprint density at radius 1 is 0.400 bits per heavy atom. The van der Waals surface area contributed by atoms with Crippen LogP contribution in [0.3, 0.4) is 0 Å². The number of hydrogen-bond donors (Lipinski definition) is 0. The van der Waals surface area contributed by atoms with Gasteiger partial charge < -0.3 is 36.8 Å². The van der Waals surface area contributed by atoms with E-state index in [-0.39, 0.29) is 48.2 Å². The molecule has 0 amide bonds. The highest BCUT2D eigenvalue weighted by Gasteiger charge is 2.63. The predicted octanol–water partition coefficient (Wildman–Crippen LogP) is 11.1. The van der Waals surface area contributed by atoms with Gasteiger partial charge in [0, 0.05) is 26.0 Å².